The van der Waals surface area contributed by atoms with Gasteiger partial charge in [0, 0.05) is 24.2 Å². The zero-order chi connectivity index (χ0) is 15.9. The fraction of sp³-hybridized carbons (Fsp3) is 0.375. The number of nitrogens with zero attached hydrogens (tertiary/aromatic N) is 1. The minimum Gasteiger partial charge on any atom is -0.481 e. The highest BCUT2D eigenvalue weighted by Crippen LogP contribution is 2.16. The molecule has 1 aliphatic heterocycles. The molecule has 5 nitrogen and oxygen atoms in total. The van der Waals surface area contributed by atoms with E-state index in [4.69, 9.17) is 16.7 Å². The Bertz CT molecular complexity index is 549. The Morgan fingerprint density at radius 2 is 1.91 bits per heavy atom. The standard InChI is InChI=1S/C16H19ClN2O3/c17-14-4-1-12(2-5-14)3-6-15(20)18-11-19-9-7-13(8-10-19)16(21)22/h1-6,13H,7-11H2,(H,18,20)(H,21,22)/b6-3+. The molecule has 0 bridgehead atoms. The van der Waals surface area contributed by atoms with Gasteiger partial charge in [0.25, 0.3) is 0 Å². The molecule has 2 rings (SSSR count). The van der Waals surface area contributed by atoms with Crippen LogP contribution in [0, 0.1) is 5.92 Å². The first-order chi connectivity index (χ1) is 10.5. The highest BCUT2D eigenvalue weighted by atomic mass is 35.5. The van der Waals surface area contributed by atoms with Gasteiger partial charge in [0.05, 0.1) is 12.6 Å². The summed E-state index contributed by atoms with van der Waals surface area (Å²) in [6, 6.07) is 7.21. The molecule has 1 amide bonds. The van der Waals surface area contributed by atoms with E-state index in [2.05, 4.69) is 5.32 Å². The van der Waals surface area contributed by atoms with Crippen LogP contribution in [-0.4, -0.2) is 41.6 Å². The second-order valence-electron chi connectivity index (χ2n) is 5.31. The lowest BCUT2D eigenvalue weighted by atomic mass is 9.97. The molecule has 0 radical (unpaired) electrons. The summed E-state index contributed by atoms with van der Waals surface area (Å²) in [5.74, 6) is -1.15. The Kier molecular flexibility index (Phi) is 5.98. The lowest BCUT2D eigenvalue weighted by molar-refractivity contribution is -0.143. The maximum atomic E-state index is 11.8. The van der Waals surface area contributed by atoms with Crippen LogP contribution in [0.15, 0.2) is 30.3 Å². The van der Waals surface area contributed by atoms with Crippen LogP contribution >= 0.6 is 11.6 Å². The van der Waals surface area contributed by atoms with Gasteiger partial charge >= 0.3 is 5.97 Å². The number of halogens is 1. The maximum absolute atomic E-state index is 11.8. The number of hydrogen-bond donors (Lipinski definition) is 2. The van der Waals surface area contributed by atoms with Crippen molar-refractivity contribution >= 4 is 29.6 Å². The van der Waals surface area contributed by atoms with Crippen molar-refractivity contribution in [2.75, 3.05) is 19.8 Å². The fourth-order valence-corrected chi connectivity index (χ4v) is 2.46. The smallest absolute Gasteiger partial charge is 0.306 e. The van der Waals surface area contributed by atoms with Crippen LogP contribution in [0.5, 0.6) is 0 Å². The van der Waals surface area contributed by atoms with E-state index in [0.717, 1.165) is 5.56 Å². The van der Waals surface area contributed by atoms with Crippen LogP contribution in [0.4, 0.5) is 0 Å². The number of nitrogens with one attached hydrogen (secondary N) is 1. The van der Waals surface area contributed by atoms with E-state index in [1.54, 1.807) is 18.2 Å². The van der Waals surface area contributed by atoms with E-state index >= 15 is 0 Å². The Labute approximate surface area is 134 Å². The normalized spacial score (nSPS) is 16.8. The molecule has 0 unspecified atom stereocenters. The molecule has 1 aromatic carbocycles. The molecule has 6 heteroatoms. The largest absolute Gasteiger partial charge is 0.481 e. The van der Waals surface area contributed by atoms with Gasteiger partial charge in [0.2, 0.25) is 5.91 Å². The number of aliphatic carboxylic acids is 1. The Balaban J connectivity index is 1.72. The highest BCUT2D eigenvalue weighted by Gasteiger charge is 2.24. The van der Waals surface area contributed by atoms with E-state index in [0.29, 0.717) is 37.6 Å². The van der Waals surface area contributed by atoms with E-state index < -0.39 is 5.97 Å². The number of carboxylic acid groups (broad SMARTS) is 1. The predicted molar refractivity (Wildman–Crippen MR) is 85.4 cm³/mol. The van der Waals surface area contributed by atoms with Gasteiger partial charge in [-0.25, -0.2) is 0 Å². The molecular weight excluding hydrogens is 304 g/mol. The zero-order valence-electron chi connectivity index (χ0n) is 12.2. The summed E-state index contributed by atoms with van der Waals surface area (Å²) in [4.78, 5) is 24.7. The van der Waals surface area contributed by atoms with Crippen LogP contribution < -0.4 is 5.32 Å². The first kappa shape index (κ1) is 16.5. The van der Waals surface area contributed by atoms with E-state index in [9.17, 15) is 9.59 Å². The second-order valence-corrected chi connectivity index (χ2v) is 5.75. The van der Waals surface area contributed by atoms with Gasteiger partial charge in [0.15, 0.2) is 0 Å². The molecule has 0 aromatic heterocycles. The van der Waals surface area contributed by atoms with Crippen LogP contribution in [0.3, 0.4) is 0 Å². The van der Waals surface area contributed by atoms with Crippen molar-refractivity contribution in [1.82, 2.24) is 10.2 Å². The van der Waals surface area contributed by atoms with E-state index in [-0.39, 0.29) is 11.8 Å². The molecule has 1 aliphatic rings. The van der Waals surface area contributed by atoms with Crippen LogP contribution in [0.1, 0.15) is 18.4 Å². The summed E-state index contributed by atoms with van der Waals surface area (Å²) in [6.45, 7) is 1.83. The van der Waals surface area contributed by atoms with Crippen molar-refractivity contribution in [3.05, 3.63) is 40.9 Å². The molecule has 0 spiro atoms. The molecule has 0 aliphatic carbocycles. The Morgan fingerprint density at radius 1 is 1.27 bits per heavy atom. The lowest BCUT2D eigenvalue weighted by Gasteiger charge is -2.29. The SMILES string of the molecule is O=C(/C=C/c1ccc(Cl)cc1)NCN1CCC(C(=O)O)CC1. The van der Waals surface area contributed by atoms with Crippen molar-refractivity contribution in [1.29, 1.82) is 0 Å². The fourth-order valence-electron chi connectivity index (χ4n) is 2.33. The number of piperidine rings is 1. The summed E-state index contributed by atoms with van der Waals surface area (Å²) in [6.07, 6.45) is 4.47. The van der Waals surface area contributed by atoms with Gasteiger partial charge in [-0.3, -0.25) is 14.5 Å². The minimum absolute atomic E-state index is 0.171. The number of amides is 1. The van der Waals surface area contributed by atoms with E-state index in [1.165, 1.54) is 6.08 Å². The first-order valence-electron chi connectivity index (χ1n) is 7.21. The summed E-state index contributed by atoms with van der Waals surface area (Å²) >= 11 is 5.79. The molecule has 1 fully saturated rings. The Hall–Kier alpha value is -1.85. The average molecular weight is 323 g/mol. The minimum atomic E-state index is -0.727. The quantitative estimate of drug-likeness (QED) is 0.816. The molecule has 1 heterocycles. The number of rotatable bonds is 5. The van der Waals surface area contributed by atoms with Crippen LogP contribution in [-0.2, 0) is 9.59 Å². The van der Waals surface area contributed by atoms with Gasteiger partial charge in [0.1, 0.15) is 0 Å². The molecule has 1 saturated heterocycles. The number of carbonyl (C=O) groups excluding carboxylic acids is 1. The van der Waals surface area contributed by atoms with Crippen molar-refractivity contribution in [3.8, 4) is 0 Å². The van der Waals surface area contributed by atoms with Gasteiger partial charge in [-0.2, -0.15) is 0 Å². The molecule has 2 N–H and O–H groups in total. The average Bonchev–Trinajstić information content (AvgIpc) is 2.52. The van der Waals surface area contributed by atoms with E-state index in [1.807, 2.05) is 17.0 Å². The molecule has 1 aromatic rings. The monoisotopic (exact) mass is 322 g/mol. The first-order valence-corrected chi connectivity index (χ1v) is 7.59. The molecular formula is C16H19ClN2O3. The number of carbonyl (C=O) groups is 2. The summed E-state index contributed by atoms with van der Waals surface area (Å²) in [7, 11) is 0. The van der Waals surface area contributed by atoms with Crippen molar-refractivity contribution in [2.24, 2.45) is 5.92 Å². The summed E-state index contributed by atoms with van der Waals surface area (Å²) in [5, 5.41) is 12.4. The lowest BCUT2D eigenvalue weighted by Crippen LogP contribution is -2.42. The van der Waals surface area contributed by atoms with Crippen LogP contribution in [0.2, 0.25) is 5.02 Å². The summed E-state index contributed by atoms with van der Waals surface area (Å²) in [5.41, 5.74) is 0.904. The number of carboxylic acids is 1. The summed E-state index contributed by atoms with van der Waals surface area (Å²) < 4.78 is 0. The Morgan fingerprint density at radius 3 is 2.50 bits per heavy atom. The van der Waals surface area contributed by atoms with Crippen molar-refractivity contribution in [3.63, 3.8) is 0 Å². The van der Waals surface area contributed by atoms with Gasteiger partial charge in [-0.15, -0.1) is 0 Å². The maximum Gasteiger partial charge on any atom is 0.306 e. The zero-order valence-corrected chi connectivity index (χ0v) is 12.9. The topological polar surface area (TPSA) is 69.6 Å². The molecule has 0 saturated carbocycles. The van der Waals surface area contributed by atoms with Crippen LogP contribution in [0.25, 0.3) is 6.08 Å². The second kappa shape index (κ2) is 7.96. The third-order valence-corrected chi connectivity index (χ3v) is 3.96. The van der Waals surface area contributed by atoms with Gasteiger partial charge < -0.3 is 10.4 Å². The third-order valence-electron chi connectivity index (χ3n) is 3.71. The van der Waals surface area contributed by atoms with Crippen molar-refractivity contribution < 1.29 is 14.7 Å². The molecule has 0 atom stereocenters. The predicted octanol–water partition coefficient (Wildman–Crippen LogP) is 2.22. The highest BCUT2D eigenvalue weighted by molar-refractivity contribution is 6.30. The van der Waals surface area contributed by atoms with Gasteiger partial charge in [-0.1, -0.05) is 23.7 Å². The molecule has 22 heavy (non-hydrogen) atoms. The third kappa shape index (κ3) is 5.16. The molecule has 118 valence electrons. The number of benzene rings is 1. The number of hydrogen-bond acceptors (Lipinski definition) is 3. The van der Waals surface area contributed by atoms with Gasteiger partial charge in [-0.05, 0) is 36.6 Å². The van der Waals surface area contributed by atoms with Crippen molar-refractivity contribution in [2.45, 2.75) is 12.8 Å². The number of likely N-dealkylation sites (tertiary alicyclic amines) is 1.